The van der Waals surface area contributed by atoms with E-state index in [1.165, 1.54) is 44.9 Å². The number of allylic oxidation sites excluding steroid dienone is 8. The Labute approximate surface area is 318 Å². The molecule has 53 heavy (non-hydrogen) atoms. The number of carbonyl (C=O) groups excluding carboxylic acids is 2. The van der Waals surface area contributed by atoms with Crippen molar-refractivity contribution in [2.45, 2.75) is 167 Å². The summed E-state index contributed by atoms with van der Waals surface area (Å²) < 4.78 is 32.5. The van der Waals surface area contributed by atoms with Crippen LogP contribution in [0.5, 0.6) is 0 Å². The number of hydrogen-bond donors (Lipinski definition) is 4. The number of carboxylic acid groups (broad SMARTS) is 1. The molecule has 12 nitrogen and oxygen atoms in total. The largest absolute Gasteiger partial charge is 0.480 e. The molecule has 4 atom stereocenters. The van der Waals surface area contributed by atoms with Gasteiger partial charge in [-0.2, -0.15) is 0 Å². The average molecular weight is 772 g/mol. The molecule has 0 amide bonds. The first kappa shape index (κ1) is 50.4. The summed E-state index contributed by atoms with van der Waals surface area (Å²) >= 11 is 0. The summed E-state index contributed by atoms with van der Waals surface area (Å²) in [7, 11) is -4.73. The van der Waals surface area contributed by atoms with Gasteiger partial charge in [-0.25, -0.2) is 4.57 Å². The van der Waals surface area contributed by atoms with E-state index in [2.05, 4.69) is 47.9 Å². The molecule has 0 fully saturated rings. The van der Waals surface area contributed by atoms with Crippen LogP contribution in [0.15, 0.2) is 48.6 Å². The minimum Gasteiger partial charge on any atom is -0.480 e. The van der Waals surface area contributed by atoms with Crippen molar-refractivity contribution in [3.63, 3.8) is 0 Å². The van der Waals surface area contributed by atoms with E-state index in [1.54, 1.807) is 0 Å². The lowest BCUT2D eigenvalue weighted by Crippen LogP contribution is -2.34. The Hall–Kier alpha value is -2.60. The summed E-state index contributed by atoms with van der Waals surface area (Å²) in [6.45, 7) is 2.43. The zero-order chi connectivity index (χ0) is 39.4. The van der Waals surface area contributed by atoms with Gasteiger partial charge in [-0.05, 0) is 57.8 Å². The second-order valence-electron chi connectivity index (χ2n) is 13.2. The number of carboxylic acids is 1. The predicted molar refractivity (Wildman–Crippen MR) is 209 cm³/mol. The van der Waals surface area contributed by atoms with E-state index in [0.717, 1.165) is 57.8 Å². The van der Waals surface area contributed by atoms with Gasteiger partial charge in [0.25, 0.3) is 0 Å². The fourth-order valence-corrected chi connectivity index (χ4v) is 5.70. The first-order chi connectivity index (χ1) is 25.5. The van der Waals surface area contributed by atoms with Crippen LogP contribution in [0.2, 0.25) is 0 Å². The monoisotopic (exact) mass is 771 g/mol. The minimum atomic E-state index is -4.73. The van der Waals surface area contributed by atoms with Crippen LogP contribution in [0.4, 0.5) is 0 Å². The molecule has 5 N–H and O–H groups in total. The van der Waals surface area contributed by atoms with Crippen molar-refractivity contribution in [2.24, 2.45) is 5.73 Å². The second-order valence-corrected chi connectivity index (χ2v) is 14.7. The first-order valence-corrected chi connectivity index (χ1v) is 21.2. The van der Waals surface area contributed by atoms with E-state index in [-0.39, 0.29) is 25.6 Å². The molecule has 0 bridgehead atoms. The van der Waals surface area contributed by atoms with E-state index in [4.69, 9.17) is 24.8 Å². The van der Waals surface area contributed by atoms with Gasteiger partial charge in [0.1, 0.15) is 12.6 Å². The lowest BCUT2D eigenvalue weighted by atomic mass is 10.1. The minimum absolute atomic E-state index is 0.0720. The molecule has 0 heterocycles. The third-order valence-corrected chi connectivity index (χ3v) is 9.19. The van der Waals surface area contributed by atoms with Crippen LogP contribution < -0.4 is 5.73 Å². The normalized spacial score (nSPS) is 15.0. The lowest BCUT2D eigenvalue weighted by Gasteiger charge is -2.20. The topological polar surface area (TPSA) is 192 Å². The van der Waals surface area contributed by atoms with Crippen molar-refractivity contribution in [1.82, 2.24) is 0 Å². The van der Waals surface area contributed by atoms with Crippen molar-refractivity contribution < 1.29 is 52.6 Å². The zero-order valence-corrected chi connectivity index (χ0v) is 33.3. The van der Waals surface area contributed by atoms with E-state index >= 15 is 0 Å². The summed E-state index contributed by atoms with van der Waals surface area (Å²) in [6, 6.07) is -1.54. The van der Waals surface area contributed by atoms with Gasteiger partial charge >= 0.3 is 25.7 Å². The Morgan fingerprint density at radius 1 is 0.660 bits per heavy atom. The van der Waals surface area contributed by atoms with Crippen molar-refractivity contribution >= 4 is 25.7 Å². The molecule has 0 aliphatic carbocycles. The van der Waals surface area contributed by atoms with E-state index in [1.807, 2.05) is 19.1 Å². The maximum Gasteiger partial charge on any atom is 0.472 e. The van der Waals surface area contributed by atoms with Crippen LogP contribution in [-0.4, -0.2) is 71.1 Å². The smallest absolute Gasteiger partial charge is 0.472 e. The molecular formula is C40H70NO11P. The molecule has 0 aromatic heterocycles. The van der Waals surface area contributed by atoms with Crippen molar-refractivity contribution in [2.75, 3.05) is 19.8 Å². The van der Waals surface area contributed by atoms with Crippen molar-refractivity contribution in [1.29, 1.82) is 0 Å². The van der Waals surface area contributed by atoms with Gasteiger partial charge in [0.05, 0.1) is 19.3 Å². The number of aliphatic hydroxyl groups excluding tert-OH is 1. The summed E-state index contributed by atoms with van der Waals surface area (Å²) in [5.74, 6) is -2.48. The quantitative estimate of drug-likeness (QED) is 0.0205. The van der Waals surface area contributed by atoms with Gasteiger partial charge in [0, 0.05) is 12.8 Å². The Morgan fingerprint density at radius 3 is 1.70 bits per heavy atom. The highest BCUT2D eigenvalue weighted by atomic mass is 31.2. The predicted octanol–water partition coefficient (Wildman–Crippen LogP) is 8.80. The number of aliphatic hydroxyl groups is 1. The van der Waals surface area contributed by atoms with Crippen LogP contribution in [0.1, 0.15) is 149 Å². The van der Waals surface area contributed by atoms with Gasteiger partial charge in [-0.1, -0.05) is 127 Å². The number of phosphoric ester groups is 1. The third-order valence-electron chi connectivity index (χ3n) is 8.24. The molecule has 0 aromatic rings. The summed E-state index contributed by atoms with van der Waals surface area (Å²) in [4.78, 5) is 45.7. The second kappa shape index (κ2) is 35.1. The number of unbranched alkanes of at least 4 members (excludes halogenated alkanes) is 11. The highest BCUT2D eigenvalue weighted by Crippen LogP contribution is 2.43. The van der Waals surface area contributed by atoms with Gasteiger partial charge < -0.3 is 30.3 Å². The molecule has 13 heteroatoms. The molecule has 0 saturated carbocycles. The fourth-order valence-electron chi connectivity index (χ4n) is 4.92. The molecule has 306 valence electrons. The molecule has 0 radical (unpaired) electrons. The number of carbonyl (C=O) groups is 3. The average Bonchev–Trinajstić information content (AvgIpc) is 3.13. The number of hydrogen-bond acceptors (Lipinski definition) is 10. The molecule has 1 unspecified atom stereocenters. The fraction of sp³-hybridized carbons (Fsp3) is 0.725. The molecule has 0 rings (SSSR count). The van der Waals surface area contributed by atoms with Crippen LogP contribution in [0.3, 0.4) is 0 Å². The number of aliphatic carboxylic acids is 1. The maximum atomic E-state index is 12.6. The molecule has 0 aliphatic heterocycles. The zero-order valence-electron chi connectivity index (χ0n) is 32.5. The highest BCUT2D eigenvalue weighted by molar-refractivity contribution is 7.47. The number of ether oxygens (including phenoxy) is 2. The van der Waals surface area contributed by atoms with Gasteiger partial charge in [0.15, 0.2) is 6.10 Å². The third kappa shape index (κ3) is 34.9. The van der Waals surface area contributed by atoms with E-state index in [9.17, 15) is 28.9 Å². The standard InChI is InChI=1S/C40H70NO11P/c1-3-5-6-7-8-9-14-18-21-24-27-30-38(43)49-32-36(33-50-53(47,48)51-34-37(41)40(45)46)52-39(44)31-28-25-22-19-16-13-11-10-12-15-17-20-23-26-29-35(42)4-2/h11-13,15,19-20,22-23,35-37,42H,3-10,14,16-18,21,24-34,41H2,1-2H3,(H,45,46)(H,47,48)/b13-11-,15-12-,22-19-,23-20-/t35-,36-,37+/m1/s1. The van der Waals surface area contributed by atoms with E-state index < -0.39 is 51.1 Å². The SMILES string of the molecule is CCCCCCCCCCCCCC(=O)OC[C@H](COP(=O)(O)OC[C@H](N)C(=O)O)OC(=O)CCC/C=C\C/C=C\C/C=C\C/C=C\CC[C@H](O)CC. The van der Waals surface area contributed by atoms with Crippen LogP contribution >= 0.6 is 7.82 Å². The van der Waals surface area contributed by atoms with Crippen molar-refractivity contribution in [3.05, 3.63) is 48.6 Å². The maximum absolute atomic E-state index is 12.6. The number of nitrogens with two attached hydrogens (primary N) is 1. The number of esters is 2. The van der Waals surface area contributed by atoms with Gasteiger partial charge in [0.2, 0.25) is 0 Å². The molecule has 0 saturated heterocycles. The van der Waals surface area contributed by atoms with Gasteiger partial charge in [-0.15, -0.1) is 0 Å². The Morgan fingerprint density at radius 2 is 1.15 bits per heavy atom. The number of phosphoric acid groups is 1. The summed E-state index contributed by atoms with van der Waals surface area (Å²) in [6.07, 6.45) is 34.2. The van der Waals surface area contributed by atoms with Crippen LogP contribution in [0.25, 0.3) is 0 Å². The van der Waals surface area contributed by atoms with Gasteiger partial charge in [-0.3, -0.25) is 23.4 Å². The highest BCUT2D eigenvalue weighted by Gasteiger charge is 2.28. The molecule has 0 spiro atoms. The first-order valence-electron chi connectivity index (χ1n) is 19.7. The van der Waals surface area contributed by atoms with Crippen molar-refractivity contribution in [3.8, 4) is 0 Å². The summed E-state index contributed by atoms with van der Waals surface area (Å²) in [5.41, 5.74) is 5.31. The molecule has 0 aliphatic rings. The molecule has 0 aromatic carbocycles. The van der Waals surface area contributed by atoms with Crippen LogP contribution in [-0.2, 0) is 37.5 Å². The Bertz CT molecular complexity index is 1110. The van der Waals surface area contributed by atoms with E-state index in [0.29, 0.717) is 19.3 Å². The summed E-state index contributed by atoms with van der Waals surface area (Å²) in [5, 5.41) is 18.4. The number of rotatable bonds is 36. The Kier molecular flexibility index (Phi) is 33.4. The Balaban J connectivity index is 4.54. The lowest BCUT2D eigenvalue weighted by molar-refractivity contribution is -0.161. The van der Waals surface area contributed by atoms with Crippen LogP contribution in [0, 0.1) is 0 Å². The molecular weight excluding hydrogens is 701 g/mol.